The second-order valence-corrected chi connectivity index (χ2v) is 13.6. The molecule has 0 spiro atoms. The smallest absolute Gasteiger partial charge is 0.393 e. The summed E-state index contributed by atoms with van der Waals surface area (Å²) in [6.07, 6.45) is -1.27. The van der Waals surface area contributed by atoms with Gasteiger partial charge in [-0.2, -0.15) is 13.2 Å². The monoisotopic (exact) mass is 670 g/mol. The molecule has 0 atom stereocenters. The number of carbonyl (C=O) groups excluding carboxylic acids is 1. The van der Waals surface area contributed by atoms with E-state index in [2.05, 4.69) is 27.4 Å². The zero-order valence-electron chi connectivity index (χ0n) is 24.2. The molecule has 1 saturated carbocycles. The molecule has 2 fully saturated rings. The Labute approximate surface area is 261 Å². The van der Waals surface area contributed by atoms with E-state index in [1.165, 1.54) is 12.8 Å². The van der Waals surface area contributed by atoms with Gasteiger partial charge in [-0.05, 0) is 42.7 Å². The Bertz CT molecular complexity index is 1740. The van der Waals surface area contributed by atoms with Crippen LogP contribution in [0.15, 0.2) is 35.2 Å². The van der Waals surface area contributed by atoms with Crippen LogP contribution in [0, 0.1) is 17.7 Å². The van der Waals surface area contributed by atoms with Crippen molar-refractivity contribution < 1.29 is 39.9 Å². The fourth-order valence-corrected chi connectivity index (χ4v) is 7.63. The number of piperidine rings is 1. The van der Waals surface area contributed by atoms with E-state index in [0.29, 0.717) is 22.2 Å². The van der Waals surface area contributed by atoms with Crippen LogP contribution in [0.2, 0.25) is 0 Å². The first-order chi connectivity index (χ1) is 21.3. The molecule has 1 aromatic heterocycles. The molecule has 8 nitrogen and oxygen atoms in total. The van der Waals surface area contributed by atoms with Gasteiger partial charge in [0.05, 0.1) is 33.9 Å². The summed E-state index contributed by atoms with van der Waals surface area (Å²) in [6, 6.07) is 7.59. The number of amides is 1. The van der Waals surface area contributed by atoms with Crippen molar-refractivity contribution >= 4 is 48.7 Å². The quantitative estimate of drug-likeness (QED) is 0.186. The molecule has 3 aromatic rings. The first-order valence-electron chi connectivity index (χ1n) is 14.2. The van der Waals surface area contributed by atoms with Crippen LogP contribution in [-0.4, -0.2) is 64.0 Å². The number of carbonyl (C=O) groups is 1. The van der Waals surface area contributed by atoms with E-state index in [-0.39, 0.29) is 34.5 Å². The van der Waals surface area contributed by atoms with Gasteiger partial charge >= 0.3 is 6.18 Å². The number of alkyl halides is 4. The molecule has 15 heteroatoms. The Morgan fingerprint density at radius 1 is 1.13 bits per heavy atom. The van der Waals surface area contributed by atoms with Crippen molar-refractivity contribution in [2.75, 3.05) is 37.1 Å². The SMILES string of the molecule is CC(=O)NS(=O)(=O)c1cc(OCF)c(NCC#Cc2sc3c(NC4CCN(C5CC5)CC4)cccc3c2CC(F)(F)F)cc1F. The Hall–Kier alpha value is -3.61. The summed E-state index contributed by atoms with van der Waals surface area (Å²) >= 11 is 1.15. The number of rotatable bonds is 10. The molecule has 1 amide bonds. The Morgan fingerprint density at radius 2 is 1.87 bits per heavy atom. The van der Waals surface area contributed by atoms with Gasteiger partial charge in [0.25, 0.3) is 10.0 Å². The summed E-state index contributed by atoms with van der Waals surface area (Å²) in [5.74, 6) is 2.95. The highest BCUT2D eigenvalue weighted by Crippen LogP contribution is 2.40. The van der Waals surface area contributed by atoms with Gasteiger partial charge in [-0.15, -0.1) is 11.3 Å². The van der Waals surface area contributed by atoms with Crippen molar-refractivity contribution in [1.82, 2.24) is 9.62 Å². The number of likely N-dealkylation sites (tertiary alicyclic amines) is 1. The Balaban J connectivity index is 1.37. The van der Waals surface area contributed by atoms with E-state index in [1.54, 1.807) is 16.9 Å². The maximum atomic E-state index is 14.7. The van der Waals surface area contributed by atoms with E-state index in [0.717, 1.165) is 55.9 Å². The lowest BCUT2D eigenvalue weighted by Crippen LogP contribution is -2.40. The minimum absolute atomic E-state index is 0.0576. The number of nitrogens with zero attached hydrogens (tertiary/aromatic N) is 1. The molecule has 0 unspecified atom stereocenters. The summed E-state index contributed by atoms with van der Waals surface area (Å²) in [5.41, 5.74) is 0.671. The highest BCUT2D eigenvalue weighted by atomic mass is 32.2. The summed E-state index contributed by atoms with van der Waals surface area (Å²) in [5, 5.41) is 6.70. The van der Waals surface area contributed by atoms with Gasteiger partial charge in [0, 0.05) is 44.2 Å². The van der Waals surface area contributed by atoms with E-state index >= 15 is 0 Å². The van der Waals surface area contributed by atoms with Crippen molar-refractivity contribution in [2.45, 2.75) is 62.2 Å². The fourth-order valence-electron chi connectivity index (χ4n) is 5.39. The number of hydrogen-bond acceptors (Lipinski definition) is 8. The highest BCUT2D eigenvalue weighted by Gasteiger charge is 2.33. The third-order valence-electron chi connectivity index (χ3n) is 7.53. The molecule has 242 valence electrons. The topological polar surface area (TPSA) is 99.8 Å². The minimum atomic E-state index is -4.59. The molecular weight excluding hydrogens is 639 g/mol. The van der Waals surface area contributed by atoms with E-state index in [4.69, 9.17) is 4.74 Å². The molecule has 0 radical (unpaired) electrons. The van der Waals surface area contributed by atoms with Gasteiger partial charge in [-0.3, -0.25) is 4.79 Å². The molecule has 5 rings (SSSR count). The summed E-state index contributed by atoms with van der Waals surface area (Å²) in [4.78, 5) is 13.0. The summed E-state index contributed by atoms with van der Waals surface area (Å²) in [7, 11) is -4.59. The summed E-state index contributed by atoms with van der Waals surface area (Å²) < 4.78 is 100. The van der Waals surface area contributed by atoms with Crippen LogP contribution in [0.4, 0.5) is 33.3 Å². The third-order valence-corrected chi connectivity index (χ3v) is 10.2. The zero-order chi connectivity index (χ0) is 32.4. The van der Waals surface area contributed by atoms with Crippen molar-refractivity contribution in [1.29, 1.82) is 0 Å². The van der Waals surface area contributed by atoms with Crippen molar-refractivity contribution in [3.8, 4) is 17.6 Å². The van der Waals surface area contributed by atoms with Gasteiger partial charge in [0.1, 0.15) is 16.5 Å². The number of halogens is 5. The standard InChI is InChI=1S/C30H31F5N4O4S2/c1-18(40)38-45(41,42)28-15-26(43-17-31)25(14-23(28)32)36-11-3-6-27-22(16-30(33,34)35)21-4-2-5-24(29(21)44-27)37-19-9-12-39(13-10-19)20-7-8-20/h2,4-5,14-15,19-20,36-37H,7-13,16-17H2,1H3,(H,38,40). The zero-order valence-corrected chi connectivity index (χ0v) is 25.8. The normalized spacial score (nSPS) is 16.2. The van der Waals surface area contributed by atoms with Gasteiger partial charge in [-0.25, -0.2) is 21.9 Å². The third kappa shape index (κ3) is 8.16. The van der Waals surface area contributed by atoms with Crippen LogP contribution < -0.4 is 20.1 Å². The lowest BCUT2D eigenvalue weighted by Gasteiger charge is -2.33. The van der Waals surface area contributed by atoms with Crippen LogP contribution in [0.1, 0.15) is 43.0 Å². The molecule has 45 heavy (non-hydrogen) atoms. The number of sulfonamides is 1. The summed E-state index contributed by atoms with van der Waals surface area (Å²) in [6.45, 7) is 1.31. The number of hydrogen-bond donors (Lipinski definition) is 3. The number of anilines is 2. The molecule has 0 bridgehead atoms. The number of fused-ring (bicyclic) bond motifs is 1. The Morgan fingerprint density at radius 3 is 2.51 bits per heavy atom. The van der Waals surface area contributed by atoms with Crippen molar-refractivity contribution in [3.63, 3.8) is 0 Å². The molecular formula is C30H31F5N4O4S2. The maximum absolute atomic E-state index is 14.7. The van der Waals surface area contributed by atoms with Gasteiger partial charge in [0.15, 0.2) is 0 Å². The van der Waals surface area contributed by atoms with Crippen LogP contribution in [0.25, 0.3) is 10.1 Å². The van der Waals surface area contributed by atoms with Crippen molar-refractivity contribution in [2.24, 2.45) is 0 Å². The lowest BCUT2D eigenvalue weighted by atomic mass is 10.0. The van der Waals surface area contributed by atoms with Crippen LogP contribution in [0.3, 0.4) is 0 Å². The van der Waals surface area contributed by atoms with Gasteiger partial charge < -0.3 is 20.3 Å². The molecule has 2 aromatic carbocycles. The second-order valence-electron chi connectivity index (χ2n) is 10.9. The predicted octanol–water partition coefficient (Wildman–Crippen LogP) is 5.78. The highest BCUT2D eigenvalue weighted by molar-refractivity contribution is 7.90. The predicted molar refractivity (Wildman–Crippen MR) is 162 cm³/mol. The number of thiophene rings is 1. The molecule has 3 N–H and O–H groups in total. The lowest BCUT2D eigenvalue weighted by molar-refractivity contribution is -0.127. The van der Waals surface area contributed by atoms with E-state index in [1.807, 2.05) is 6.07 Å². The number of nitrogens with one attached hydrogen (secondary N) is 3. The minimum Gasteiger partial charge on any atom is -0.461 e. The van der Waals surface area contributed by atoms with Crippen LogP contribution >= 0.6 is 11.3 Å². The second kappa shape index (κ2) is 13.4. The van der Waals surface area contributed by atoms with Gasteiger partial charge in [-0.1, -0.05) is 24.0 Å². The molecule has 2 aliphatic rings. The van der Waals surface area contributed by atoms with Gasteiger partial charge in [0.2, 0.25) is 12.8 Å². The van der Waals surface area contributed by atoms with E-state index < -0.39 is 46.1 Å². The number of ether oxygens (including phenoxy) is 1. The molecule has 1 aliphatic carbocycles. The molecule has 2 heterocycles. The molecule has 1 aliphatic heterocycles. The largest absolute Gasteiger partial charge is 0.461 e. The first kappa shape index (κ1) is 32.8. The maximum Gasteiger partial charge on any atom is 0.393 e. The van der Waals surface area contributed by atoms with Crippen LogP contribution in [0.5, 0.6) is 5.75 Å². The Kier molecular flexibility index (Phi) is 9.76. The number of benzene rings is 2. The van der Waals surface area contributed by atoms with Crippen molar-refractivity contribution in [3.05, 3.63) is 46.6 Å². The average molecular weight is 671 g/mol. The first-order valence-corrected chi connectivity index (χ1v) is 16.5. The molecule has 1 saturated heterocycles. The average Bonchev–Trinajstić information content (AvgIpc) is 3.75. The van der Waals surface area contributed by atoms with E-state index in [9.17, 15) is 35.2 Å². The fraction of sp³-hybridized carbons (Fsp3) is 0.433. The van der Waals surface area contributed by atoms with Crippen LogP contribution in [-0.2, 0) is 21.2 Å².